The molecule has 0 unspecified atom stereocenters. The van der Waals surface area contributed by atoms with Crippen LogP contribution in [0.25, 0.3) is 11.3 Å². The summed E-state index contributed by atoms with van der Waals surface area (Å²) < 4.78 is 36.0. The maximum atomic E-state index is 12.3. The molecule has 3 aromatic rings. The molecular weight excluding hydrogens is 452 g/mol. The van der Waals surface area contributed by atoms with Crippen molar-refractivity contribution in [3.63, 3.8) is 0 Å². The van der Waals surface area contributed by atoms with Crippen LogP contribution in [0.4, 0.5) is 6.01 Å². The van der Waals surface area contributed by atoms with E-state index in [-0.39, 0.29) is 5.92 Å². The maximum Gasteiger partial charge on any atom is 0.324 e. The number of anilines is 1. The Bertz CT molecular complexity index is 1180. The van der Waals surface area contributed by atoms with E-state index >= 15 is 0 Å². The first-order valence-corrected chi connectivity index (χ1v) is 13.3. The van der Waals surface area contributed by atoms with Crippen molar-refractivity contribution in [2.24, 2.45) is 5.92 Å². The zero-order chi connectivity index (χ0) is 24.3. The SMILES string of the molecule is CC(C)c1noc(N2CCC(COc3ccc(-c4ccc(S(=O)(=O)C(C)C)cc4)nc3)CC2)n1. The Hall–Kier alpha value is -2.94. The molecule has 3 heterocycles. The molecule has 1 fully saturated rings. The standard InChI is InChI=1S/C25H32N4O4S/c1-17(2)24-27-25(33-28-24)29-13-11-19(12-14-29)16-32-21-7-10-23(26-15-21)20-5-8-22(9-6-20)34(30,31)18(3)4/h5-10,15,17-19H,11-14,16H2,1-4H3. The molecule has 0 N–H and O–H groups in total. The van der Waals surface area contributed by atoms with Crippen molar-refractivity contribution in [2.75, 3.05) is 24.6 Å². The van der Waals surface area contributed by atoms with Crippen molar-refractivity contribution in [3.05, 3.63) is 48.4 Å². The van der Waals surface area contributed by atoms with Gasteiger partial charge in [0.2, 0.25) is 0 Å². The monoisotopic (exact) mass is 484 g/mol. The lowest BCUT2D eigenvalue weighted by Gasteiger charge is -2.30. The number of pyridine rings is 1. The lowest BCUT2D eigenvalue weighted by atomic mass is 9.98. The number of piperidine rings is 1. The third kappa shape index (κ3) is 5.41. The molecule has 9 heteroatoms. The zero-order valence-electron chi connectivity index (χ0n) is 20.1. The number of sulfone groups is 1. The fraction of sp³-hybridized carbons (Fsp3) is 0.480. The van der Waals surface area contributed by atoms with E-state index in [1.54, 1.807) is 44.3 Å². The van der Waals surface area contributed by atoms with Gasteiger partial charge in [0, 0.05) is 24.6 Å². The summed E-state index contributed by atoms with van der Waals surface area (Å²) in [5, 5.41) is 3.60. The van der Waals surface area contributed by atoms with Crippen LogP contribution in [-0.4, -0.2) is 48.5 Å². The molecule has 0 radical (unpaired) electrons. The summed E-state index contributed by atoms with van der Waals surface area (Å²) in [5.41, 5.74) is 1.64. The summed E-state index contributed by atoms with van der Waals surface area (Å²) >= 11 is 0. The van der Waals surface area contributed by atoms with Crippen molar-refractivity contribution in [1.82, 2.24) is 15.1 Å². The average molecular weight is 485 g/mol. The van der Waals surface area contributed by atoms with Crippen LogP contribution >= 0.6 is 0 Å². The third-order valence-corrected chi connectivity index (χ3v) is 8.32. The highest BCUT2D eigenvalue weighted by Crippen LogP contribution is 2.26. The molecule has 4 rings (SSSR count). The molecule has 182 valence electrons. The van der Waals surface area contributed by atoms with E-state index < -0.39 is 15.1 Å². The Morgan fingerprint density at radius 3 is 2.32 bits per heavy atom. The predicted octanol–water partition coefficient (Wildman–Crippen LogP) is 4.73. The third-order valence-electron chi connectivity index (χ3n) is 6.15. The molecule has 1 aliphatic rings. The molecule has 0 atom stereocenters. The maximum absolute atomic E-state index is 12.3. The number of benzene rings is 1. The highest BCUT2D eigenvalue weighted by atomic mass is 32.2. The molecule has 8 nitrogen and oxygen atoms in total. The molecule has 0 spiro atoms. The van der Waals surface area contributed by atoms with Crippen molar-refractivity contribution < 1.29 is 17.7 Å². The minimum Gasteiger partial charge on any atom is -0.492 e. The van der Waals surface area contributed by atoms with Crippen molar-refractivity contribution >= 4 is 15.9 Å². The summed E-state index contributed by atoms with van der Waals surface area (Å²) in [6.07, 6.45) is 3.71. The van der Waals surface area contributed by atoms with Crippen molar-refractivity contribution in [2.45, 2.75) is 56.6 Å². The lowest BCUT2D eigenvalue weighted by molar-refractivity contribution is 0.219. The number of hydrogen-bond acceptors (Lipinski definition) is 8. The second kappa shape index (κ2) is 10.1. The van der Waals surface area contributed by atoms with Gasteiger partial charge in [-0.2, -0.15) is 4.98 Å². The van der Waals surface area contributed by atoms with Gasteiger partial charge in [0.15, 0.2) is 15.7 Å². The van der Waals surface area contributed by atoms with Crippen LogP contribution in [0.15, 0.2) is 52.0 Å². The Balaban J connectivity index is 1.28. The number of hydrogen-bond donors (Lipinski definition) is 0. The molecule has 0 amide bonds. The zero-order valence-corrected chi connectivity index (χ0v) is 21.0. The Kier molecular flexibility index (Phi) is 7.21. The largest absolute Gasteiger partial charge is 0.492 e. The summed E-state index contributed by atoms with van der Waals surface area (Å²) in [6, 6.07) is 11.3. The second-order valence-corrected chi connectivity index (χ2v) is 11.8. The second-order valence-electron chi connectivity index (χ2n) is 9.33. The van der Waals surface area contributed by atoms with E-state index in [1.807, 2.05) is 12.1 Å². The molecule has 0 saturated carbocycles. The van der Waals surface area contributed by atoms with Crippen molar-refractivity contribution in [3.8, 4) is 17.0 Å². The van der Waals surface area contributed by atoms with E-state index in [2.05, 4.69) is 33.9 Å². The van der Waals surface area contributed by atoms with E-state index in [0.717, 1.165) is 48.8 Å². The molecule has 34 heavy (non-hydrogen) atoms. The van der Waals surface area contributed by atoms with Gasteiger partial charge in [0.25, 0.3) is 0 Å². The van der Waals surface area contributed by atoms with Gasteiger partial charge in [-0.05, 0) is 56.9 Å². The Morgan fingerprint density at radius 1 is 1.06 bits per heavy atom. The van der Waals surface area contributed by atoms with Gasteiger partial charge in [0.1, 0.15) is 5.75 Å². The van der Waals surface area contributed by atoms with E-state index in [4.69, 9.17) is 9.26 Å². The summed E-state index contributed by atoms with van der Waals surface area (Å²) in [4.78, 5) is 11.5. The van der Waals surface area contributed by atoms with Crippen LogP contribution in [0, 0.1) is 5.92 Å². The van der Waals surface area contributed by atoms with E-state index in [9.17, 15) is 8.42 Å². The fourth-order valence-corrected chi connectivity index (χ4v) is 4.88. The molecule has 0 aliphatic carbocycles. The predicted molar refractivity (Wildman–Crippen MR) is 131 cm³/mol. The average Bonchev–Trinajstić information content (AvgIpc) is 3.34. The highest BCUT2D eigenvalue weighted by Gasteiger charge is 2.24. The Labute approximate surface area is 201 Å². The smallest absolute Gasteiger partial charge is 0.324 e. The minimum atomic E-state index is -3.28. The van der Waals surface area contributed by atoms with Crippen LogP contribution < -0.4 is 9.64 Å². The first-order chi connectivity index (χ1) is 16.2. The summed E-state index contributed by atoms with van der Waals surface area (Å²) in [7, 11) is -3.28. The van der Waals surface area contributed by atoms with Gasteiger partial charge in [-0.1, -0.05) is 31.1 Å². The number of rotatable bonds is 8. The van der Waals surface area contributed by atoms with Gasteiger partial charge in [-0.3, -0.25) is 4.98 Å². The quantitative estimate of drug-likeness (QED) is 0.452. The van der Waals surface area contributed by atoms with Crippen LogP contribution in [0.1, 0.15) is 52.3 Å². The van der Waals surface area contributed by atoms with Crippen LogP contribution in [0.2, 0.25) is 0 Å². The molecule has 1 aromatic carbocycles. The molecule has 1 saturated heterocycles. The molecule has 0 bridgehead atoms. The van der Waals surface area contributed by atoms with Crippen LogP contribution in [-0.2, 0) is 9.84 Å². The topological polar surface area (TPSA) is 98.4 Å². The summed E-state index contributed by atoms with van der Waals surface area (Å²) in [6.45, 7) is 9.84. The molecular formula is C25H32N4O4S. The van der Waals surface area contributed by atoms with Gasteiger partial charge < -0.3 is 14.2 Å². The van der Waals surface area contributed by atoms with Gasteiger partial charge in [-0.15, -0.1) is 0 Å². The van der Waals surface area contributed by atoms with E-state index in [1.165, 1.54) is 0 Å². The van der Waals surface area contributed by atoms with Gasteiger partial charge >= 0.3 is 6.01 Å². The summed E-state index contributed by atoms with van der Waals surface area (Å²) in [5.74, 6) is 2.18. The number of ether oxygens (including phenoxy) is 1. The minimum absolute atomic E-state index is 0.254. The van der Waals surface area contributed by atoms with Gasteiger partial charge in [0.05, 0.1) is 28.6 Å². The molecule has 1 aliphatic heterocycles. The highest BCUT2D eigenvalue weighted by molar-refractivity contribution is 7.92. The van der Waals surface area contributed by atoms with Crippen LogP contribution in [0.5, 0.6) is 5.75 Å². The first kappa shape index (κ1) is 24.2. The number of nitrogens with zero attached hydrogens (tertiary/aromatic N) is 4. The Morgan fingerprint density at radius 2 is 1.76 bits per heavy atom. The van der Waals surface area contributed by atoms with E-state index in [0.29, 0.717) is 23.4 Å². The fourth-order valence-electron chi connectivity index (χ4n) is 3.82. The van der Waals surface area contributed by atoms with Crippen molar-refractivity contribution in [1.29, 1.82) is 0 Å². The van der Waals surface area contributed by atoms with Crippen LogP contribution in [0.3, 0.4) is 0 Å². The number of aromatic nitrogens is 3. The lowest BCUT2D eigenvalue weighted by Crippen LogP contribution is -2.35. The first-order valence-electron chi connectivity index (χ1n) is 11.8. The van der Waals surface area contributed by atoms with Gasteiger partial charge in [-0.25, -0.2) is 8.42 Å². The normalized spacial score (nSPS) is 15.3. The molecule has 2 aromatic heterocycles.